The first-order valence-corrected chi connectivity index (χ1v) is 9.67. The first-order valence-electron chi connectivity index (χ1n) is 8.79. The van der Waals surface area contributed by atoms with E-state index in [4.69, 9.17) is 15.3 Å². The number of ether oxygens (including phenoxy) is 1. The van der Waals surface area contributed by atoms with Crippen LogP contribution in [-0.2, 0) is 14.3 Å². The summed E-state index contributed by atoms with van der Waals surface area (Å²) < 4.78 is 3.86. The number of rotatable bonds is 6. The van der Waals surface area contributed by atoms with Crippen LogP contribution in [0.1, 0.15) is 44.4 Å². The largest absolute Gasteiger partial charge is 0.481 e. The number of carbonyl (C=O) groups is 2. The zero-order valence-electron chi connectivity index (χ0n) is 16.4. The maximum absolute atomic E-state index is 9.60. The van der Waals surface area contributed by atoms with Gasteiger partial charge in [0.1, 0.15) is 0 Å². The Labute approximate surface area is 166 Å². The second-order valence-corrected chi connectivity index (χ2v) is 6.34. The normalized spacial score (nSPS) is 12.5. The van der Waals surface area contributed by atoms with Crippen LogP contribution in [0.5, 0.6) is 0 Å². The zero-order valence-corrected chi connectivity index (χ0v) is 17.3. The molecule has 0 spiro atoms. The maximum atomic E-state index is 9.60. The van der Waals surface area contributed by atoms with Gasteiger partial charge in [0, 0.05) is 17.5 Å². The van der Waals surface area contributed by atoms with E-state index in [2.05, 4.69) is 27.6 Å². The number of carboxylic acids is 1. The monoisotopic (exact) mass is 396 g/mol. The second-order valence-electron chi connectivity index (χ2n) is 5.36. The van der Waals surface area contributed by atoms with Gasteiger partial charge in [-0.3, -0.25) is 9.59 Å². The van der Waals surface area contributed by atoms with Crippen LogP contribution in [0.25, 0.3) is 6.08 Å². The molecule has 0 amide bonds. The molecule has 1 aromatic heterocycles. The molecule has 2 rings (SSSR count). The van der Waals surface area contributed by atoms with E-state index in [0.717, 1.165) is 12.0 Å². The summed E-state index contributed by atoms with van der Waals surface area (Å²) in [7, 11) is 1.31. The van der Waals surface area contributed by atoms with Gasteiger partial charge in [-0.2, -0.15) is 0 Å². The minimum absolute atomic E-state index is 0.292. The summed E-state index contributed by atoms with van der Waals surface area (Å²) in [5.74, 6) is -0.711. The van der Waals surface area contributed by atoms with E-state index in [-0.39, 0.29) is 0 Å². The average Bonchev–Trinajstić information content (AvgIpc) is 3.37. The Bertz CT molecular complexity index is 529. The fourth-order valence-electron chi connectivity index (χ4n) is 1.63. The van der Waals surface area contributed by atoms with Crippen molar-refractivity contribution in [3.63, 3.8) is 0 Å². The Morgan fingerprint density at radius 2 is 2.04 bits per heavy atom. The van der Waals surface area contributed by atoms with Gasteiger partial charge in [-0.05, 0) is 68.4 Å². The highest BCUT2D eigenvalue weighted by Crippen LogP contribution is 2.11. The third-order valence-corrected chi connectivity index (χ3v) is 3.75. The molecule has 0 saturated carbocycles. The summed E-state index contributed by atoms with van der Waals surface area (Å²) in [5.41, 5.74) is 1.10. The summed E-state index contributed by atoms with van der Waals surface area (Å²) in [4.78, 5) is 19.8. The van der Waals surface area contributed by atoms with Gasteiger partial charge in [-0.15, -0.1) is 11.3 Å². The summed E-state index contributed by atoms with van der Waals surface area (Å²) in [6.45, 7) is 6.70. The van der Waals surface area contributed by atoms with Crippen molar-refractivity contribution >= 4 is 36.1 Å². The minimum Gasteiger partial charge on any atom is -0.481 e. The third-order valence-electron chi connectivity index (χ3n) is 2.92. The number of hydrogen-bond donors (Lipinski definition) is 3. The van der Waals surface area contributed by atoms with Gasteiger partial charge < -0.3 is 20.6 Å². The molecule has 152 valence electrons. The van der Waals surface area contributed by atoms with Gasteiger partial charge in [0.25, 0.3) is 6.47 Å². The number of methoxy groups -OCH3 is 1. The van der Waals surface area contributed by atoms with Crippen LogP contribution in [-0.4, -0.2) is 44.0 Å². The molecular formula is C20H32N2O4S. The molecule has 6 nitrogen and oxygen atoms in total. The first kappa shape index (κ1) is 27.0. The Kier molecular flexibility index (Phi) is 21.8. The van der Waals surface area contributed by atoms with Gasteiger partial charge >= 0.3 is 5.97 Å². The molecule has 0 radical (unpaired) electrons. The van der Waals surface area contributed by atoms with Crippen LogP contribution in [0.4, 0.5) is 0 Å². The number of aliphatic carboxylic acids is 1. The van der Waals surface area contributed by atoms with Crippen LogP contribution in [0.2, 0.25) is 0 Å². The quantitative estimate of drug-likeness (QED) is 0.376. The van der Waals surface area contributed by atoms with Gasteiger partial charge in [0.2, 0.25) is 0 Å². The molecule has 1 aliphatic rings. The lowest BCUT2D eigenvalue weighted by molar-refractivity contribution is -0.137. The smallest absolute Gasteiger partial charge is 0.303 e. The standard InChI is InChI=1S/C10H11NS.C4H9N.C4H8O2.C2H4O2/c1-9(6-7-11)4-5-10-3-2-8-12-10;1-2-4-5-3-1;1-2-3-4(5)6;1-4-2-3/h2-8,11H,1H3;5H,1-4H2;2-3H2,1H3,(H,5,6);2H,1H3/b5-4+,9-6+,11-7?;;;. The molecule has 27 heavy (non-hydrogen) atoms. The Balaban J connectivity index is 0. The van der Waals surface area contributed by atoms with E-state index in [1.54, 1.807) is 17.4 Å². The molecule has 0 bridgehead atoms. The van der Waals surface area contributed by atoms with E-state index >= 15 is 0 Å². The molecule has 0 aliphatic carbocycles. The van der Waals surface area contributed by atoms with Crippen molar-refractivity contribution in [1.29, 1.82) is 5.41 Å². The van der Waals surface area contributed by atoms with Gasteiger partial charge in [-0.1, -0.05) is 19.1 Å². The molecule has 3 N–H and O–H groups in total. The van der Waals surface area contributed by atoms with E-state index in [9.17, 15) is 4.79 Å². The fraction of sp³-hybridized carbons (Fsp3) is 0.450. The summed E-state index contributed by atoms with van der Waals surface area (Å²) in [5, 5.41) is 20.0. The van der Waals surface area contributed by atoms with Crippen molar-refractivity contribution in [2.75, 3.05) is 20.2 Å². The molecule has 7 heteroatoms. The second kappa shape index (κ2) is 21.8. The van der Waals surface area contributed by atoms with Gasteiger partial charge in [0.15, 0.2) is 0 Å². The molecule has 1 aliphatic heterocycles. The maximum Gasteiger partial charge on any atom is 0.303 e. The molecule has 0 aromatic carbocycles. The molecule has 2 heterocycles. The van der Waals surface area contributed by atoms with Crippen LogP contribution in [0, 0.1) is 5.41 Å². The summed E-state index contributed by atoms with van der Waals surface area (Å²) in [6, 6.07) is 4.10. The van der Waals surface area contributed by atoms with E-state index < -0.39 is 5.97 Å². The van der Waals surface area contributed by atoms with Crippen LogP contribution in [0.15, 0.2) is 35.2 Å². The summed E-state index contributed by atoms with van der Waals surface area (Å²) in [6.07, 6.45) is 10.9. The van der Waals surface area contributed by atoms with Gasteiger partial charge in [-0.25, -0.2) is 0 Å². The number of hydrogen-bond acceptors (Lipinski definition) is 6. The lowest BCUT2D eigenvalue weighted by atomic mass is 10.2. The van der Waals surface area contributed by atoms with E-state index in [1.807, 2.05) is 26.0 Å². The number of thiophene rings is 1. The fourth-order valence-corrected chi connectivity index (χ4v) is 2.24. The Morgan fingerprint density at radius 1 is 1.41 bits per heavy atom. The topological polar surface area (TPSA) is 99.5 Å². The van der Waals surface area contributed by atoms with Crippen molar-refractivity contribution in [3.8, 4) is 0 Å². The van der Waals surface area contributed by atoms with E-state index in [1.165, 1.54) is 44.1 Å². The van der Waals surface area contributed by atoms with Crippen molar-refractivity contribution < 1.29 is 19.4 Å². The Morgan fingerprint density at radius 3 is 2.33 bits per heavy atom. The predicted molar refractivity (Wildman–Crippen MR) is 114 cm³/mol. The third kappa shape index (κ3) is 23.8. The highest BCUT2D eigenvalue weighted by atomic mass is 32.1. The Hall–Kier alpha value is -2.25. The van der Waals surface area contributed by atoms with Gasteiger partial charge in [0.05, 0.1) is 7.11 Å². The van der Waals surface area contributed by atoms with Crippen LogP contribution < -0.4 is 5.32 Å². The van der Waals surface area contributed by atoms with Crippen molar-refractivity contribution in [2.45, 2.75) is 39.5 Å². The molecular weight excluding hydrogens is 364 g/mol. The molecule has 1 fully saturated rings. The van der Waals surface area contributed by atoms with Crippen molar-refractivity contribution in [2.24, 2.45) is 0 Å². The van der Waals surface area contributed by atoms with E-state index in [0.29, 0.717) is 12.9 Å². The number of carbonyl (C=O) groups excluding carboxylic acids is 1. The highest BCUT2D eigenvalue weighted by Gasteiger charge is 1.93. The molecule has 1 aromatic rings. The minimum atomic E-state index is -0.711. The SMILES string of the molecule is C1CCNC1.CC(/C=C/c1cccs1)=C\C=N.CCCC(=O)O.COC=O. The molecule has 1 saturated heterocycles. The zero-order chi connectivity index (χ0) is 20.8. The predicted octanol–water partition coefficient (Wildman–Crippen LogP) is 4.39. The van der Waals surface area contributed by atoms with Crippen molar-refractivity contribution in [3.05, 3.63) is 40.1 Å². The van der Waals surface area contributed by atoms with Crippen molar-refractivity contribution in [1.82, 2.24) is 5.32 Å². The number of carboxylic acid groups (broad SMARTS) is 1. The first-order chi connectivity index (χ1) is 13.0. The lowest BCUT2D eigenvalue weighted by Gasteiger charge is -1.86. The van der Waals surface area contributed by atoms with Crippen LogP contribution in [0.3, 0.4) is 0 Å². The lowest BCUT2D eigenvalue weighted by Crippen LogP contribution is -2.03. The molecule has 0 unspecified atom stereocenters. The summed E-state index contributed by atoms with van der Waals surface area (Å²) >= 11 is 1.71. The number of nitrogens with one attached hydrogen (secondary N) is 2. The average molecular weight is 397 g/mol. The highest BCUT2D eigenvalue weighted by molar-refractivity contribution is 7.10. The number of allylic oxidation sites excluding steroid dienone is 3. The van der Waals surface area contributed by atoms with Crippen LogP contribution >= 0.6 is 11.3 Å². The molecule has 0 atom stereocenters.